The van der Waals surface area contributed by atoms with Gasteiger partial charge < -0.3 is 21.3 Å². The van der Waals surface area contributed by atoms with E-state index in [-0.39, 0.29) is 18.1 Å². The average Bonchev–Trinajstić information content (AvgIpc) is 2.46. The monoisotopic (exact) mass is 294 g/mol. The minimum Gasteiger partial charge on any atom is -0.508 e. The molecule has 21 heavy (non-hydrogen) atoms. The third kappa shape index (κ3) is 5.07. The molecule has 5 N–H and O–H groups in total. The van der Waals surface area contributed by atoms with Crippen LogP contribution in [0.15, 0.2) is 24.3 Å². The molecule has 3 atom stereocenters. The molecule has 1 aromatic rings. The quantitative estimate of drug-likeness (QED) is 0.596. The van der Waals surface area contributed by atoms with Crippen molar-refractivity contribution in [2.75, 3.05) is 0 Å². The first-order chi connectivity index (χ1) is 9.85. The Morgan fingerprint density at radius 1 is 1.29 bits per heavy atom. The van der Waals surface area contributed by atoms with Gasteiger partial charge in [0.15, 0.2) is 0 Å². The van der Waals surface area contributed by atoms with Gasteiger partial charge in [0.1, 0.15) is 11.8 Å². The van der Waals surface area contributed by atoms with Gasteiger partial charge in [0.05, 0.1) is 6.04 Å². The number of carbonyl (C=O) groups is 2. The number of carboxylic acids is 1. The Hall–Kier alpha value is -2.08. The first-order valence-corrected chi connectivity index (χ1v) is 6.91. The number of amides is 1. The molecule has 0 aliphatic heterocycles. The number of benzene rings is 1. The van der Waals surface area contributed by atoms with E-state index in [9.17, 15) is 19.8 Å². The number of aliphatic carboxylic acids is 1. The second-order valence-corrected chi connectivity index (χ2v) is 5.18. The van der Waals surface area contributed by atoms with E-state index in [2.05, 4.69) is 5.32 Å². The standard InChI is InChI=1S/C15H22N2O4/c1-3-9(2)13(16)14(19)17-12(15(20)21)8-10-4-6-11(18)7-5-10/h4-7,9,12-13,18H,3,8,16H2,1-2H3,(H,17,19)(H,20,21)/t9-,12+,13-/m0/s1. The van der Waals surface area contributed by atoms with Gasteiger partial charge in [-0.1, -0.05) is 32.4 Å². The minimum absolute atomic E-state index is 0.0203. The molecule has 0 heterocycles. The molecular formula is C15H22N2O4. The van der Waals surface area contributed by atoms with Crippen LogP contribution in [0.2, 0.25) is 0 Å². The number of nitrogens with two attached hydrogens (primary N) is 1. The molecule has 6 nitrogen and oxygen atoms in total. The molecule has 6 heteroatoms. The Labute approximate surface area is 124 Å². The number of carboxylic acid groups (broad SMARTS) is 1. The molecule has 0 aliphatic carbocycles. The van der Waals surface area contributed by atoms with E-state index in [1.807, 2.05) is 13.8 Å². The summed E-state index contributed by atoms with van der Waals surface area (Å²) in [6, 6.07) is 4.41. The highest BCUT2D eigenvalue weighted by Gasteiger charge is 2.25. The number of phenolic OH excluding ortho intramolecular Hbond substituents is 1. The van der Waals surface area contributed by atoms with Gasteiger partial charge in [0.25, 0.3) is 0 Å². The SMILES string of the molecule is CC[C@H](C)[C@H](N)C(=O)N[C@H](Cc1ccc(O)cc1)C(=O)O. The fourth-order valence-electron chi connectivity index (χ4n) is 1.85. The summed E-state index contributed by atoms with van der Waals surface area (Å²) in [5, 5.41) is 20.9. The highest BCUT2D eigenvalue weighted by molar-refractivity contribution is 5.87. The van der Waals surface area contributed by atoms with Gasteiger partial charge in [-0.15, -0.1) is 0 Å². The van der Waals surface area contributed by atoms with Crippen LogP contribution in [0.25, 0.3) is 0 Å². The third-order valence-corrected chi connectivity index (χ3v) is 3.55. The van der Waals surface area contributed by atoms with E-state index >= 15 is 0 Å². The number of hydrogen-bond acceptors (Lipinski definition) is 4. The van der Waals surface area contributed by atoms with Gasteiger partial charge in [-0.3, -0.25) is 4.79 Å². The molecule has 116 valence electrons. The Morgan fingerprint density at radius 2 is 1.86 bits per heavy atom. The van der Waals surface area contributed by atoms with E-state index < -0.39 is 24.0 Å². The molecule has 0 aromatic heterocycles. The summed E-state index contributed by atoms with van der Waals surface area (Å²) in [4.78, 5) is 23.2. The van der Waals surface area contributed by atoms with E-state index in [1.165, 1.54) is 12.1 Å². The smallest absolute Gasteiger partial charge is 0.326 e. The van der Waals surface area contributed by atoms with Crippen LogP contribution in [0, 0.1) is 5.92 Å². The zero-order valence-electron chi connectivity index (χ0n) is 12.2. The normalized spacial score (nSPS) is 15.0. The number of rotatable bonds is 7. The summed E-state index contributed by atoms with van der Waals surface area (Å²) in [5.74, 6) is -1.50. The number of aromatic hydroxyl groups is 1. The molecule has 0 unspecified atom stereocenters. The molecule has 1 rings (SSSR count). The lowest BCUT2D eigenvalue weighted by atomic mass is 9.98. The maximum absolute atomic E-state index is 12.0. The van der Waals surface area contributed by atoms with Crippen molar-refractivity contribution in [3.8, 4) is 5.75 Å². The van der Waals surface area contributed by atoms with Gasteiger partial charge in [0.2, 0.25) is 5.91 Å². The zero-order valence-corrected chi connectivity index (χ0v) is 12.2. The van der Waals surface area contributed by atoms with Crippen molar-refractivity contribution >= 4 is 11.9 Å². The van der Waals surface area contributed by atoms with Crippen molar-refractivity contribution in [3.05, 3.63) is 29.8 Å². The Kier molecular flexibility index (Phi) is 6.17. The van der Waals surface area contributed by atoms with Crippen molar-refractivity contribution < 1.29 is 19.8 Å². The fraction of sp³-hybridized carbons (Fsp3) is 0.467. The van der Waals surface area contributed by atoms with Gasteiger partial charge in [0, 0.05) is 6.42 Å². The van der Waals surface area contributed by atoms with E-state index in [1.54, 1.807) is 12.1 Å². The topological polar surface area (TPSA) is 113 Å². The van der Waals surface area contributed by atoms with E-state index in [0.717, 1.165) is 6.42 Å². The van der Waals surface area contributed by atoms with Crippen LogP contribution in [-0.4, -0.2) is 34.2 Å². The predicted octanol–water partition coefficient (Wildman–Crippen LogP) is 0.877. The van der Waals surface area contributed by atoms with Gasteiger partial charge in [-0.2, -0.15) is 0 Å². The lowest BCUT2D eigenvalue weighted by Crippen LogP contribution is -2.51. The molecule has 0 fully saturated rings. The van der Waals surface area contributed by atoms with E-state index in [0.29, 0.717) is 5.56 Å². The van der Waals surface area contributed by atoms with Crippen LogP contribution in [0.4, 0.5) is 0 Å². The Bertz CT molecular complexity index is 487. The predicted molar refractivity (Wildman–Crippen MR) is 78.8 cm³/mol. The number of nitrogens with one attached hydrogen (secondary N) is 1. The van der Waals surface area contributed by atoms with E-state index in [4.69, 9.17) is 5.73 Å². The van der Waals surface area contributed by atoms with Crippen LogP contribution in [0.3, 0.4) is 0 Å². The van der Waals surface area contributed by atoms with Crippen LogP contribution < -0.4 is 11.1 Å². The molecule has 0 radical (unpaired) electrons. The van der Waals surface area contributed by atoms with Crippen LogP contribution in [-0.2, 0) is 16.0 Å². The first-order valence-electron chi connectivity index (χ1n) is 6.91. The van der Waals surface area contributed by atoms with Crippen LogP contribution in [0.5, 0.6) is 5.75 Å². The second kappa shape index (κ2) is 7.64. The van der Waals surface area contributed by atoms with Gasteiger partial charge in [-0.25, -0.2) is 4.79 Å². The average molecular weight is 294 g/mol. The maximum Gasteiger partial charge on any atom is 0.326 e. The van der Waals surface area contributed by atoms with Gasteiger partial charge in [-0.05, 0) is 23.6 Å². The summed E-state index contributed by atoms with van der Waals surface area (Å²) in [7, 11) is 0. The van der Waals surface area contributed by atoms with Crippen molar-refractivity contribution in [2.24, 2.45) is 11.7 Å². The molecule has 0 bridgehead atoms. The van der Waals surface area contributed by atoms with Crippen LogP contribution in [0.1, 0.15) is 25.8 Å². The highest BCUT2D eigenvalue weighted by Crippen LogP contribution is 2.12. The second-order valence-electron chi connectivity index (χ2n) is 5.18. The lowest BCUT2D eigenvalue weighted by Gasteiger charge is -2.21. The number of phenols is 1. The highest BCUT2D eigenvalue weighted by atomic mass is 16.4. The number of hydrogen-bond donors (Lipinski definition) is 4. The van der Waals surface area contributed by atoms with Crippen molar-refractivity contribution in [2.45, 2.75) is 38.8 Å². The Balaban J connectivity index is 2.72. The lowest BCUT2D eigenvalue weighted by molar-refractivity contribution is -0.142. The Morgan fingerprint density at radius 3 is 2.33 bits per heavy atom. The largest absolute Gasteiger partial charge is 0.508 e. The summed E-state index contributed by atoms with van der Waals surface area (Å²) in [5.41, 5.74) is 6.50. The number of carbonyl (C=O) groups excluding carboxylic acids is 1. The molecule has 0 saturated carbocycles. The minimum atomic E-state index is -1.12. The first kappa shape index (κ1) is 17.0. The summed E-state index contributed by atoms with van der Waals surface area (Å²) in [6.07, 6.45) is 0.874. The van der Waals surface area contributed by atoms with Crippen LogP contribution >= 0.6 is 0 Å². The molecule has 1 amide bonds. The zero-order chi connectivity index (χ0) is 16.0. The summed E-state index contributed by atoms with van der Waals surface area (Å²) < 4.78 is 0. The van der Waals surface area contributed by atoms with Crippen molar-refractivity contribution in [3.63, 3.8) is 0 Å². The molecular weight excluding hydrogens is 272 g/mol. The molecule has 0 saturated heterocycles. The molecule has 1 aromatic carbocycles. The van der Waals surface area contributed by atoms with Crippen molar-refractivity contribution in [1.82, 2.24) is 5.32 Å². The molecule has 0 aliphatic rings. The summed E-state index contributed by atoms with van der Waals surface area (Å²) in [6.45, 7) is 3.77. The van der Waals surface area contributed by atoms with Crippen molar-refractivity contribution in [1.29, 1.82) is 0 Å². The summed E-state index contributed by atoms with van der Waals surface area (Å²) >= 11 is 0. The molecule has 0 spiro atoms. The fourth-order valence-corrected chi connectivity index (χ4v) is 1.85. The van der Waals surface area contributed by atoms with Gasteiger partial charge >= 0.3 is 5.97 Å². The third-order valence-electron chi connectivity index (χ3n) is 3.55. The maximum atomic E-state index is 12.0.